The Balaban J connectivity index is 1.38. The Morgan fingerprint density at radius 2 is 1.86 bits per heavy atom. The molecule has 0 radical (unpaired) electrons. The van der Waals surface area contributed by atoms with Gasteiger partial charge in [-0.05, 0) is 43.0 Å². The number of hydrogen-bond donors (Lipinski definition) is 1. The van der Waals surface area contributed by atoms with Gasteiger partial charge in [0.2, 0.25) is 23.7 Å². The number of rotatable bonds is 8. The summed E-state index contributed by atoms with van der Waals surface area (Å²) in [6.45, 7) is 3.74. The Labute approximate surface area is 240 Å². The van der Waals surface area contributed by atoms with Gasteiger partial charge in [0, 0.05) is 43.1 Å². The lowest BCUT2D eigenvalue weighted by molar-refractivity contribution is -0.138. The van der Waals surface area contributed by atoms with Gasteiger partial charge in [-0.1, -0.05) is 36.4 Å². The molecule has 7 nitrogen and oxygen atoms in total. The maximum atomic E-state index is 15.0. The number of hydrogen-bond acceptors (Lipinski definition) is 4. The van der Waals surface area contributed by atoms with Crippen molar-refractivity contribution in [1.29, 1.82) is 0 Å². The Morgan fingerprint density at radius 1 is 1.14 bits per heavy atom. The van der Waals surface area contributed by atoms with E-state index in [1.54, 1.807) is 49.5 Å². The van der Waals surface area contributed by atoms with Crippen LogP contribution in [0.5, 0.6) is 0 Å². The number of amides is 2. The van der Waals surface area contributed by atoms with Crippen LogP contribution in [0.3, 0.4) is 0 Å². The summed E-state index contributed by atoms with van der Waals surface area (Å²) in [4.78, 5) is 44.8. The van der Waals surface area contributed by atoms with Gasteiger partial charge in [0.1, 0.15) is 12.2 Å². The van der Waals surface area contributed by atoms with Gasteiger partial charge in [-0.2, -0.15) is 4.39 Å². The van der Waals surface area contributed by atoms with Gasteiger partial charge in [-0.3, -0.25) is 14.4 Å². The maximum absolute atomic E-state index is 15.0. The van der Waals surface area contributed by atoms with Crippen molar-refractivity contribution in [2.24, 2.45) is 0 Å². The van der Waals surface area contributed by atoms with E-state index in [0.717, 1.165) is 10.5 Å². The first kappa shape index (κ1) is 29.5. The highest BCUT2D eigenvalue weighted by Crippen LogP contribution is 2.48. The van der Waals surface area contributed by atoms with E-state index in [9.17, 15) is 27.6 Å². The molecule has 1 saturated carbocycles. The SMILES string of the molecule is CCn1cc(C)cc(CC(=O)N2C[C@H](F)C[C@H]2C(=O)N[C@@H](c2ccccc2)c2ccc(C3CC(F)(F)C3)c(F)n2)c1=O. The van der Waals surface area contributed by atoms with Crippen molar-refractivity contribution in [2.45, 2.75) is 76.2 Å². The van der Waals surface area contributed by atoms with Crippen LogP contribution < -0.4 is 10.9 Å². The molecule has 222 valence electrons. The molecule has 2 aromatic heterocycles. The normalized spacial score (nSPS) is 20.7. The second-order valence-corrected chi connectivity index (χ2v) is 11.1. The molecule has 1 aliphatic heterocycles. The molecule has 1 saturated heterocycles. The van der Waals surface area contributed by atoms with Gasteiger partial charge in [0.05, 0.1) is 24.7 Å². The Kier molecular flexibility index (Phi) is 8.21. The number of aryl methyl sites for hydroxylation is 2. The highest BCUT2D eigenvalue weighted by atomic mass is 19.3. The molecule has 2 fully saturated rings. The van der Waals surface area contributed by atoms with Crippen molar-refractivity contribution in [2.75, 3.05) is 6.54 Å². The third kappa shape index (κ3) is 6.10. The summed E-state index contributed by atoms with van der Waals surface area (Å²) in [5.74, 6) is -5.55. The van der Waals surface area contributed by atoms with Crippen LogP contribution in [-0.4, -0.2) is 50.9 Å². The van der Waals surface area contributed by atoms with Gasteiger partial charge in [0.15, 0.2) is 0 Å². The van der Waals surface area contributed by atoms with E-state index >= 15 is 4.39 Å². The Morgan fingerprint density at radius 3 is 2.50 bits per heavy atom. The van der Waals surface area contributed by atoms with Crippen LogP contribution in [0, 0.1) is 12.9 Å². The average molecular weight is 585 g/mol. The predicted octanol–water partition coefficient (Wildman–Crippen LogP) is 4.61. The highest BCUT2D eigenvalue weighted by Gasteiger charge is 2.47. The summed E-state index contributed by atoms with van der Waals surface area (Å²) in [6.07, 6.45) is -1.17. The van der Waals surface area contributed by atoms with E-state index in [2.05, 4.69) is 10.3 Å². The highest BCUT2D eigenvalue weighted by molar-refractivity contribution is 5.89. The number of nitrogens with zero attached hydrogens (tertiary/aromatic N) is 3. The number of benzene rings is 1. The number of pyridine rings is 2. The Bertz CT molecular complexity index is 1540. The molecule has 0 spiro atoms. The van der Waals surface area contributed by atoms with Crippen LogP contribution in [-0.2, 0) is 22.6 Å². The van der Waals surface area contributed by atoms with Crippen molar-refractivity contribution in [3.05, 3.63) is 99.0 Å². The molecule has 3 aromatic rings. The van der Waals surface area contributed by atoms with Crippen molar-refractivity contribution in [1.82, 2.24) is 19.8 Å². The van der Waals surface area contributed by atoms with E-state index in [1.807, 2.05) is 6.92 Å². The van der Waals surface area contributed by atoms with Crippen LogP contribution in [0.2, 0.25) is 0 Å². The van der Waals surface area contributed by atoms with E-state index in [1.165, 1.54) is 16.7 Å². The molecule has 0 bridgehead atoms. The molecule has 5 rings (SSSR count). The molecule has 42 heavy (non-hydrogen) atoms. The first-order chi connectivity index (χ1) is 20.0. The Hall–Kier alpha value is -4.02. The molecule has 0 unspecified atom stereocenters. The molecule has 2 aliphatic rings. The molecule has 1 aliphatic carbocycles. The number of halogens is 4. The van der Waals surface area contributed by atoms with Crippen molar-refractivity contribution >= 4 is 11.8 Å². The summed E-state index contributed by atoms with van der Waals surface area (Å²) in [7, 11) is 0. The second kappa shape index (κ2) is 11.7. The smallest absolute Gasteiger partial charge is 0.254 e. The van der Waals surface area contributed by atoms with Gasteiger partial charge >= 0.3 is 0 Å². The second-order valence-electron chi connectivity index (χ2n) is 11.1. The molecule has 1 N–H and O–H groups in total. The van der Waals surface area contributed by atoms with Crippen LogP contribution >= 0.6 is 0 Å². The van der Waals surface area contributed by atoms with Gasteiger partial charge in [-0.25, -0.2) is 18.2 Å². The predicted molar refractivity (Wildman–Crippen MR) is 147 cm³/mol. The van der Waals surface area contributed by atoms with E-state index in [4.69, 9.17) is 0 Å². The van der Waals surface area contributed by atoms with Crippen LogP contribution in [0.25, 0.3) is 0 Å². The largest absolute Gasteiger partial charge is 0.342 e. The number of nitrogens with one attached hydrogen (secondary N) is 1. The first-order valence-electron chi connectivity index (χ1n) is 14.0. The number of carbonyl (C=O) groups excluding carboxylic acids is 2. The topological polar surface area (TPSA) is 84.3 Å². The van der Waals surface area contributed by atoms with Gasteiger partial charge in [0.25, 0.3) is 5.56 Å². The summed E-state index contributed by atoms with van der Waals surface area (Å²) >= 11 is 0. The van der Waals surface area contributed by atoms with Crippen LogP contribution in [0.4, 0.5) is 17.6 Å². The summed E-state index contributed by atoms with van der Waals surface area (Å²) in [5.41, 5.74) is 1.52. The summed E-state index contributed by atoms with van der Waals surface area (Å²) in [5, 5.41) is 2.80. The minimum Gasteiger partial charge on any atom is -0.342 e. The molecule has 2 amide bonds. The molecule has 1 aromatic carbocycles. The van der Waals surface area contributed by atoms with Crippen molar-refractivity contribution in [3.8, 4) is 0 Å². The maximum Gasteiger partial charge on any atom is 0.254 e. The standard InChI is InChI=1S/C31H32F4N4O3/c1-3-38-16-18(2)11-20(30(38)42)12-26(40)39-17-22(32)13-25(39)29(41)37-27(19-7-5-4-6-8-19)24-10-9-23(28(33)36-24)21-14-31(34,35)15-21/h4-11,16,21-22,25,27H,3,12-15,17H2,1-2H3,(H,37,41)/t22-,25+,27+/m1/s1. The van der Waals surface area contributed by atoms with E-state index in [-0.39, 0.29) is 41.8 Å². The van der Waals surface area contributed by atoms with Gasteiger partial charge in [-0.15, -0.1) is 0 Å². The zero-order valence-corrected chi connectivity index (χ0v) is 23.3. The number of carbonyl (C=O) groups is 2. The molecule has 11 heteroatoms. The third-order valence-corrected chi connectivity index (χ3v) is 8.00. The minimum absolute atomic E-state index is 0.0916. The number of alkyl halides is 3. The van der Waals surface area contributed by atoms with Crippen LogP contribution in [0.15, 0.2) is 59.5 Å². The monoisotopic (exact) mass is 584 g/mol. The molecule has 3 heterocycles. The third-order valence-electron chi connectivity index (χ3n) is 8.00. The molecule has 3 atom stereocenters. The van der Waals surface area contributed by atoms with Crippen molar-refractivity contribution in [3.63, 3.8) is 0 Å². The fourth-order valence-electron chi connectivity index (χ4n) is 5.82. The quantitative estimate of drug-likeness (QED) is 0.310. The zero-order chi connectivity index (χ0) is 30.2. The first-order valence-corrected chi connectivity index (χ1v) is 14.0. The fraction of sp³-hybridized carbons (Fsp3) is 0.419. The average Bonchev–Trinajstić information content (AvgIpc) is 3.34. The number of likely N-dealkylation sites (tertiary alicyclic amines) is 1. The lowest BCUT2D eigenvalue weighted by atomic mass is 9.77. The molecular weight excluding hydrogens is 552 g/mol. The van der Waals surface area contributed by atoms with E-state index in [0.29, 0.717) is 12.1 Å². The van der Waals surface area contributed by atoms with E-state index < -0.39 is 60.7 Å². The van der Waals surface area contributed by atoms with Crippen LogP contribution in [0.1, 0.15) is 66.1 Å². The fourth-order valence-corrected chi connectivity index (χ4v) is 5.82. The summed E-state index contributed by atoms with van der Waals surface area (Å²) in [6, 6.07) is 11.0. The minimum atomic E-state index is -2.82. The number of aromatic nitrogens is 2. The van der Waals surface area contributed by atoms with Gasteiger partial charge < -0.3 is 14.8 Å². The lowest BCUT2D eigenvalue weighted by Crippen LogP contribution is -2.48. The zero-order valence-electron chi connectivity index (χ0n) is 23.3. The summed E-state index contributed by atoms with van der Waals surface area (Å²) < 4.78 is 57.9. The van der Waals surface area contributed by atoms with Crippen molar-refractivity contribution < 1.29 is 27.2 Å². The molecular formula is C31H32F4N4O3. The lowest BCUT2D eigenvalue weighted by Gasteiger charge is -2.35.